The number of esters is 1. The van der Waals surface area contributed by atoms with Crippen LogP contribution in [0.25, 0.3) is 0 Å². The van der Waals surface area contributed by atoms with Gasteiger partial charge in [0.15, 0.2) is 6.61 Å². The van der Waals surface area contributed by atoms with Gasteiger partial charge in [-0.25, -0.2) is 0 Å². The van der Waals surface area contributed by atoms with Crippen LogP contribution in [0.4, 0.5) is 5.69 Å². The Balaban J connectivity index is 1.64. The van der Waals surface area contributed by atoms with E-state index in [1.807, 2.05) is 0 Å². The summed E-state index contributed by atoms with van der Waals surface area (Å²) in [6, 6.07) is 12.8. The maximum Gasteiger partial charge on any atom is 0.306 e. The molecule has 0 atom stereocenters. The minimum absolute atomic E-state index is 0.220. The molecular formula is C19H17Cl2N3O5. The van der Waals surface area contributed by atoms with Gasteiger partial charge in [0.2, 0.25) is 5.91 Å². The highest BCUT2D eigenvalue weighted by Crippen LogP contribution is 2.24. The third-order valence-electron chi connectivity index (χ3n) is 3.48. The van der Waals surface area contributed by atoms with Crippen molar-refractivity contribution in [3.05, 3.63) is 64.1 Å². The van der Waals surface area contributed by atoms with Gasteiger partial charge >= 0.3 is 5.97 Å². The van der Waals surface area contributed by atoms with Gasteiger partial charge in [0.1, 0.15) is 0 Å². The molecule has 0 radical (unpaired) electrons. The molecule has 10 heteroatoms. The number of anilines is 1. The highest BCUT2D eigenvalue weighted by molar-refractivity contribution is 6.42. The molecule has 2 rings (SSSR count). The molecule has 3 amide bonds. The van der Waals surface area contributed by atoms with Crippen molar-refractivity contribution in [1.29, 1.82) is 0 Å². The highest BCUT2D eigenvalue weighted by Gasteiger charge is 2.12. The number of rotatable bonds is 7. The second-order valence-corrected chi connectivity index (χ2v) is 6.52. The van der Waals surface area contributed by atoms with Crippen LogP contribution >= 0.6 is 23.2 Å². The van der Waals surface area contributed by atoms with E-state index in [4.69, 9.17) is 27.9 Å². The summed E-state index contributed by atoms with van der Waals surface area (Å²) in [7, 11) is 0. The lowest BCUT2D eigenvalue weighted by Gasteiger charge is -2.08. The number of carbonyl (C=O) groups is 4. The molecule has 0 bridgehead atoms. The fourth-order valence-corrected chi connectivity index (χ4v) is 2.35. The van der Waals surface area contributed by atoms with Crippen molar-refractivity contribution in [3.63, 3.8) is 0 Å². The van der Waals surface area contributed by atoms with E-state index < -0.39 is 30.3 Å². The summed E-state index contributed by atoms with van der Waals surface area (Å²) in [4.78, 5) is 46.9. The Morgan fingerprint density at radius 3 is 2.24 bits per heavy atom. The number of ether oxygens (including phenoxy) is 1. The van der Waals surface area contributed by atoms with Crippen molar-refractivity contribution >= 4 is 52.6 Å². The van der Waals surface area contributed by atoms with E-state index in [1.165, 1.54) is 12.1 Å². The summed E-state index contributed by atoms with van der Waals surface area (Å²) in [6.07, 6.45) is -0.477. The molecular weight excluding hydrogens is 421 g/mol. The number of hydrogen-bond acceptors (Lipinski definition) is 5. The molecule has 0 spiro atoms. The molecule has 0 heterocycles. The fraction of sp³-hybridized carbons (Fsp3) is 0.158. The van der Waals surface area contributed by atoms with Gasteiger partial charge in [0.25, 0.3) is 11.8 Å². The van der Waals surface area contributed by atoms with E-state index in [9.17, 15) is 19.2 Å². The zero-order chi connectivity index (χ0) is 21.2. The standard InChI is InChI=1S/C19H17Cl2N3O5/c20-14-7-6-13(10-15(14)21)22-17(26)11-29-18(27)9-8-16(25)23-24-19(28)12-4-2-1-3-5-12/h1-7,10H,8-9,11H2,(H,22,26)(H,23,25)(H,24,28). The SMILES string of the molecule is O=C(CCC(=O)OCC(=O)Nc1ccc(Cl)c(Cl)c1)NNC(=O)c1ccccc1. The van der Waals surface area contributed by atoms with Crippen molar-refractivity contribution in [2.24, 2.45) is 0 Å². The Kier molecular flexibility index (Phi) is 8.45. The van der Waals surface area contributed by atoms with Gasteiger partial charge in [-0.05, 0) is 30.3 Å². The minimum atomic E-state index is -0.737. The van der Waals surface area contributed by atoms with Crippen LogP contribution in [0.1, 0.15) is 23.2 Å². The van der Waals surface area contributed by atoms with Crippen LogP contribution in [0.2, 0.25) is 10.0 Å². The maximum absolute atomic E-state index is 11.8. The average molecular weight is 438 g/mol. The lowest BCUT2D eigenvalue weighted by molar-refractivity contribution is -0.148. The second kappa shape index (κ2) is 11.0. The summed E-state index contributed by atoms with van der Waals surface area (Å²) in [5.74, 6) is -2.37. The van der Waals surface area contributed by atoms with Crippen LogP contribution in [0.5, 0.6) is 0 Å². The summed E-state index contributed by atoms with van der Waals surface area (Å²) in [5, 5.41) is 3.10. The molecule has 3 N–H and O–H groups in total. The van der Waals surface area contributed by atoms with Crippen LogP contribution < -0.4 is 16.2 Å². The van der Waals surface area contributed by atoms with Gasteiger partial charge < -0.3 is 10.1 Å². The summed E-state index contributed by atoms with van der Waals surface area (Å²) in [6.45, 7) is -0.522. The highest BCUT2D eigenvalue weighted by atomic mass is 35.5. The molecule has 0 saturated heterocycles. The quantitative estimate of drug-likeness (QED) is 0.455. The van der Waals surface area contributed by atoms with Crippen molar-refractivity contribution in [2.75, 3.05) is 11.9 Å². The van der Waals surface area contributed by atoms with Crippen molar-refractivity contribution in [3.8, 4) is 0 Å². The first kappa shape index (κ1) is 22.2. The van der Waals surface area contributed by atoms with Gasteiger partial charge in [-0.3, -0.25) is 30.0 Å². The van der Waals surface area contributed by atoms with Crippen molar-refractivity contribution in [1.82, 2.24) is 10.9 Å². The second-order valence-electron chi connectivity index (χ2n) is 5.71. The van der Waals surface area contributed by atoms with Crippen molar-refractivity contribution in [2.45, 2.75) is 12.8 Å². The predicted octanol–water partition coefficient (Wildman–Crippen LogP) is 2.72. The van der Waals surface area contributed by atoms with Gasteiger partial charge in [-0.1, -0.05) is 41.4 Å². The van der Waals surface area contributed by atoms with Crippen LogP contribution in [0, 0.1) is 0 Å². The summed E-state index contributed by atoms with van der Waals surface area (Å²) >= 11 is 11.6. The Morgan fingerprint density at radius 2 is 1.55 bits per heavy atom. The number of hydrogen-bond donors (Lipinski definition) is 3. The van der Waals surface area contributed by atoms with E-state index in [0.29, 0.717) is 16.3 Å². The molecule has 0 fully saturated rings. The third kappa shape index (κ3) is 7.81. The van der Waals surface area contributed by atoms with Gasteiger partial charge in [-0.2, -0.15) is 0 Å². The van der Waals surface area contributed by atoms with Gasteiger partial charge in [0, 0.05) is 17.7 Å². The molecule has 2 aromatic carbocycles. The van der Waals surface area contributed by atoms with Crippen LogP contribution in [-0.2, 0) is 19.1 Å². The zero-order valence-electron chi connectivity index (χ0n) is 15.0. The lowest BCUT2D eigenvalue weighted by Crippen LogP contribution is -2.41. The summed E-state index contributed by atoms with van der Waals surface area (Å²) in [5.41, 5.74) is 5.20. The number of hydrazine groups is 1. The third-order valence-corrected chi connectivity index (χ3v) is 4.21. The molecule has 0 unspecified atom stereocenters. The molecule has 0 aliphatic rings. The Labute approximate surface area is 176 Å². The van der Waals surface area contributed by atoms with Gasteiger partial charge in [-0.15, -0.1) is 0 Å². The fourth-order valence-electron chi connectivity index (χ4n) is 2.06. The Hall–Kier alpha value is -3.10. The topological polar surface area (TPSA) is 114 Å². The minimum Gasteiger partial charge on any atom is -0.456 e. The number of halogens is 2. The van der Waals surface area contributed by atoms with E-state index in [1.54, 1.807) is 36.4 Å². The molecule has 0 aromatic heterocycles. The first-order valence-corrected chi connectivity index (χ1v) is 9.15. The van der Waals surface area contributed by atoms with Gasteiger partial charge in [0.05, 0.1) is 16.5 Å². The maximum atomic E-state index is 11.8. The van der Waals surface area contributed by atoms with E-state index in [0.717, 1.165) is 0 Å². The van der Waals surface area contributed by atoms with Crippen LogP contribution in [-0.4, -0.2) is 30.3 Å². The largest absolute Gasteiger partial charge is 0.456 e. The molecule has 2 aromatic rings. The predicted molar refractivity (Wildman–Crippen MR) is 107 cm³/mol. The first-order valence-electron chi connectivity index (χ1n) is 8.40. The van der Waals surface area contributed by atoms with E-state index >= 15 is 0 Å². The number of amides is 3. The number of benzene rings is 2. The summed E-state index contributed by atoms with van der Waals surface area (Å²) < 4.78 is 4.80. The molecule has 0 aliphatic carbocycles. The molecule has 152 valence electrons. The molecule has 0 aliphatic heterocycles. The molecule has 8 nitrogen and oxygen atoms in total. The number of carbonyl (C=O) groups excluding carboxylic acids is 4. The molecule has 0 saturated carbocycles. The Morgan fingerprint density at radius 1 is 0.828 bits per heavy atom. The average Bonchev–Trinajstić information content (AvgIpc) is 2.72. The van der Waals surface area contributed by atoms with Crippen LogP contribution in [0.3, 0.4) is 0 Å². The van der Waals surface area contributed by atoms with E-state index in [2.05, 4.69) is 16.2 Å². The van der Waals surface area contributed by atoms with E-state index in [-0.39, 0.29) is 17.9 Å². The Bertz CT molecular complexity index is 906. The smallest absolute Gasteiger partial charge is 0.306 e. The molecule has 29 heavy (non-hydrogen) atoms. The lowest BCUT2D eigenvalue weighted by atomic mass is 10.2. The monoisotopic (exact) mass is 437 g/mol. The normalized spacial score (nSPS) is 10.0. The zero-order valence-corrected chi connectivity index (χ0v) is 16.5. The van der Waals surface area contributed by atoms with Crippen LogP contribution in [0.15, 0.2) is 48.5 Å². The van der Waals surface area contributed by atoms with Crippen molar-refractivity contribution < 1.29 is 23.9 Å². The number of nitrogens with one attached hydrogen (secondary N) is 3. The first-order chi connectivity index (χ1) is 13.8.